The van der Waals surface area contributed by atoms with E-state index in [1.807, 2.05) is 23.7 Å². The van der Waals surface area contributed by atoms with Crippen molar-refractivity contribution in [3.05, 3.63) is 34.1 Å². The van der Waals surface area contributed by atoms with Crippen LogP contribution in [0.3, 0.4) is 0 Å². The number of pyridine rings is 1. The minimum atomic E-state index is -0.758. The summed E-state index contributed by atoms with van der Waals surface area (Å²) in [4.78, 5) is 22.4. The lowest BCUT2D eigenvalue weighted by atomic mass is 10.2. The van der Waals surface area contributed by atoms with E-state index in [1.165, 1.54) is 0 Å². The Hall–Kier alpha value is -1.62. The van der Waals surface area contributed by atoms with Crippen LogP contribution in [0.4, 0.5) is 0 Å². The minimum absolute atomic E-state index is 0.0481. The summed E-state index contributed by atoms with van der Waals surface area (Å²) in [6.07, 6.45) is 4.37. The number of nitrogens with zero attached hydrogens (tertiary/aromatic N) is 1. The van der Waals surface area contributed by atoms with Crippen LogP contribution < -0.4 is 5.56 Å². The first-order valence-corrected chi connectivity index (χ1v) is 6.85. The van der Waals surface area contributed by atoms with Crippen molar-refractivity contribution in [2.24, 2.45) is 0 Å². The summed E-state index contributed by atoms with van der Waals surface area (Å²) in [6, 6.07) is 3.81. The van der Waals surface area contributed by atoms with Gasteiger partial charge in [0.1, 0.15) is 0 Å². The van der Waals surface area contributed by atoms with E-state index in [1.54, 1.807) is 15.9 Å². The van der Waals surface area contributed by atoms with Crippen LogP contribution in [0.5, 0.6) is 0 Å². The molecule has 0 spiro atoms. The first-order chi connectivity index (χ1) is 8.68. The molecule has 4 nitrogen and oxygen atoms in total. The van der Waals surface area contributed by atoms with Crippen LogP contribution >= 0.6 is 11.3 Å². The molecule has 2 aromatic rings. The molecule has 5 heteroatoms. The second-order valence-corrected chi connectivity index (χ2v) is 5.16. The second-order valence-electron chi connectivity index (χ2n) is 4.22. The molecule has 18 heavy (non-hydrogen) atoms. The third-order valence-electron chi connectivity index (χ3n) is 2.88. The normalized spacial score (nSPS) is 10.9. The Morgan fingerprint density at radius 3 is 2.89 bits per heavy atom. The molecule has 0 unspecified atom stereocenters. The van der Waals surface area contributed by atoms with Crippen molar-refractivity contribution < 1.29 is 9.90 Å². The summed E-state index contributed by atoms with van der Waals surface area (Å²) >= 11 is 1.57. The molecule has 0 saturated heterocycles. The van der Waals surface area contributed by atoms with Crippen molar-refractivity contribution >= 4 is 27.4 Å². The maximum atomic E-state index is 12.0. The summed E-state index contributed by atoms with van der Waals surface area (Å²) in [7, 11) is 0. The number of hydrogen-bond acceptors (Lipinski definition) is 3. The van der Waals surface area contributed by atoms with E-state index in [-0.39, 0.29) is 12.0 Å². The Morgan fingerprint density at radius 2 is 2.11 bits per heavy atom. The third kappa shape index (κ3) is 2.98. The molecule has 0 aromatic carbocycles. The second kappa shape index (κ2) is 5.82. The monoisotopic (exact) mass is 265 g/mol. The number of unbranched alkanes of at least 4 members (excludes halogenated alkanes) is 2. The summed E-state index contributed by atoms with van der Waals surface area (Å²) < 4.78 is 2.72. The molecule has 0 aliphatic carbocycles. The lowest BCUT2D eigenvalue weighted by Crippen LogP contribution is -2.18. The number of aryl methyl sites for hydroxylation is 1. The van der Waals surface area contributed by atoms with Gasteiger partial charge >= 0.3 is 5.97 Å². The number of aliphatic carboxylic acids is 1. The predicted octanol–water partition coefficient (Wildman–Crippen LogP) is 2.71. The van der Waals surface area contributed by atoms with Crippen LogP contribution in [0.2, 0.25) is 0 Å². The van der Waals surface area contributed by atoms with Crippen LogP contribution in [0, 0.1) is 0 Å². The first-order valence-electron chi connectivity index (χ1n) is 5.97. The van der Waals surface area contributed by atoms with Crippen LogP contribution in [-0.4, -0.2) is 15.6 Å². The smallest absolute Gasteiger partial charge is 0.303 e. The fraction of sp³-hybridized carbons (Fsp3) is 0.385. The Bertz CT molecular complexity index is 600. The van der Waals surface area contributed by atoms with E-state index in [0.717, 1.165) is 22.9 Å². The molecule has 1 N–H and O–H groups in total. The Labute approximate surface area is 108 Å². The van der Waals surface area contributed by atoms with Crippen LogP contribution in [0.15, 0.2) is 28.5 Å². The third-order valence-corrected chi connectivity index (χ3v) is 3.76. The Balaban J connectivity index is 1.93. The van der Waals surface area contributed by atoms with Gasteiger partial charge in [-0.05, 0) is 30.4 Å². The van der Waals surface area contributed by atoms with E-state index < -0.39 is 5.97 Å². The van der Waals surface area contributed by atoms with Gasteiger partial charge in [-0.2, -0.15) is 0 Å². The Kier molecular flexibility index (Phi) is 4.15. The van der Waals surface area contributed by atoms with E-state index in [2.05, 4.69) is 0 Å². The van der Waals surface area contributed by atoms with Crippen molar-refractivity contribution in [2.75, 3.05) is 0 Å². The van der Waals surface area contributed by atoms with Crippen LogP contribution in [-0.2, 0) is 11.3 Å². The number of aromatic nitrogens is 1. The number of rotatable bonds is 6. The van der Waals surface area contributed by atoms with Gasteiger partial charge in [0.05, 0.1) is 5.39 Å². The number of fused-ring (bicyclic) bond motifs is 1. The average molecular weight is 265 g/mol. The highest BCUT2D eigenvalue weighted by atomic mass is 32.1. The van der Waals surface area contributed by atoms with Crippen molar-refractivity contribution in [2.45, 2.75) is 32.2 Å². The lowest BCUT2D eigenvalue weighted by Gasteiger charge is -2.05. The van der Waals surface area contributed by atoms with Gasteiger partial charge in [0, 0.05) is 23.9 Å². The van der Waals surface area contributed by atoms with Gasteiger partial charge in [0.15, 0.2) is 0 Å². The fourth-order valence-electron chi connectivity index (χ4n) is 1.92. The molecule has 0 bridgehead atoms. The molecule has 0 saturated carbocycles. The SMILES string of the molecule is O=C(O)CCCCCn1ccc2sccc2c1=O. The molecule has 0 fully saturated rings. The standard InChI is InChI=1S/C13H15NO3S/c15-12(16)4-2-1-3-7-14-8-5-11-10(13(14)17)6-9-18-11/h5-6,8-9H,1-4,7H2,(H,15,16). The highest BCUT2D eigenvalue weighted by molar-refractivity contribution is 7.17. The van der Waals surface area contributed by atoms with Gasteiger partial charge in [0.25, 0.3) is 5.56 Å². The van der Waals surface area contributed by atoms with Crippen molar-refractivity contribution in [3.8, 4) is 0 Å². The van der Waals surface area contributed by atoms with Crippen LogP contribution in [0.1, 0.15) is 25.7 Å². The molecular formula is C13H15NO3S. The summed E-state index contributed by atoms with van der Waals surface area (Å²) in [5, 5.41) is 11.2. The van der Waals surface area contributed by atoms with Gasteiger partial charge in [-0.3, -0.25) is 9.59 Å². The van der Waals surface area contributed by atoms with E-state index >= 15 is 0 Å². The first kappa shape index (κ1) is 12.8. The lowest BCUT2D eigenvalue weighted by molar-refractivity contribution is -0.137. The topological polar surface area (TPSA) is 59.3 Å². The maximum Gasteiger partial charge on any atom is 0.303 e. The van der Waals surface area contributed by atoms with Gasteiger partial charge in [-0.15, -0.1) is 11.3 Å². The van der Waals surface area contributed by atoms with Crippen LogP contribution in [0.25, 0.3) is 10.1 Å². The fourth-order valence-corrected chi connectivity index (χ4v) is 2.69. The van der Waals surface area contributed by atoms with Gasteiger partial charge in [0.2, 0.25) is 0 Å². The number of hydrogen-bond donors (Lipinski definition) is 1. The highest BCUT2D eigenvalue weighted by Crippen LogP contribution is 2.16. The van der Waals surface area contributed by atoms with Crippen molar-refractivity contribution in [1.29, 1.82) is 0 Å². The van der Waals surface area contributed by atoms with Gasteiger partial charge in [-0.1, -0.05) is 6.42 Å². The number of carboxylic acid groups (broad SMARTS) is 1. The number of carboxylic acids is 1. The molecule has 0 radical (unpaired) electrons. The van der Waals surface area contributed by atoms with Crippen molar-refractivity contribution in [1.82, 2.24) is 4.57 Å². The van der Waals surface area contributed by atoms with E-state index in [9.17, 15) is 9.59 Å². The van der Waals surface area contributed by atoms with E-state index in [0.29, 0.717) is 13.0 Å². The molecule has 0 atom stereocenters. The zero-order valence-corrected chi connectivity index (χ0v) is 10.8. The molecule has 0 aliphatic heterocycles. The summed E-state index contributed by atoms with van der Waals surface area (Å²) in [5.74, 6) is -0.758. The molecule has 96 valence electrons. The predicted molar refractivity (Wildman–Crippen MR) is 72.2 cm³/mol. The molecular weight excluding hydrogens is 250 g/mol. The number of thiophene rings is 1. The Morgan fingerprint density at radius 1 is 1.28 bits per heavy atom. The average Bonchev–Trinajstić information content (AvgIpc) is 2.80. The largest absolute Gasteiger partial charge is 0.481 e. The quantitative estimate of drug-likeness (QED) is 0.817. The molecule has 2 aromatic heterocycles. The summed E-state index contributed by atoms with van der Waals surface area (Å²) in [6.45, 7) is 0.657. The van der Waals surface area contributed by atoms with Gasteiger partial charge < -0.3 is 9.67 Å². The molecule has 0 aliphatic rings. The number of carbonyl (C=O) groups is 1. The zero-order chi connectivity index (χ0) is 13.0. The zero-order valence-electron chi connectivity index (χ0n) is 9.96. The highest BCUT2D eigenvalue weighted by Gasteiger charge is 2.03. The maximum absolute atomic E-state index is 12.0. The molecule has 0 amide bonds. The minimum Gasteiger partial charge on any atom is -0.481 e. The van der Waals surface area contributed by atoms with E-state index in [4.69, 9.17) is 5.11 Å². The van der Waals surface area contributed by atoms with Gasteiger partial charge in [-0.25, -0.2) is 0 Å². The van der Waals surface area contributed by atoms with Crippen molar-refractivity contribution in [3.63, 3.8) is 0 Å². The molecule has 2 rings (SSSR count). The summed E-state index contributed by atoms with van der Waals surface area (Å²) in [5.41, 5.74) is 0.0481. The molecule has 2 heterocycles.